The Hall–Kier alpha value is -1.44. The number of benzene rings is 1. The van der Waals surface area contributed by atoms with E-state index in [4.69, 9.17) is 5.73 Å². The number of nitrogen functional groups attached to an aromatic ring is 1. The SMILES string of the molecule is Nc1c(C(=O)Nc2c(Br)cccc2Br)sc2cnccc12. The fourth-order valence-corrected chi connectivity index (χ4v) is 4.11. The molecule has 0 aliphatic rings. The van der Waals surface area contributed by atoms with E-state index < -0.39 is 0 Å². The minimum absolute atomic E-state index is 0.235. The van der Waals surface area contributed by atoms with E-state index in [9.17, 15) is 4.79 Å². The van der Waals surface area contributed by atoms with Gasteiger partial charge < -0.3 is 11.1 Å². The van der Waals surface area contributed by atoms with Gasteiger partial charge in [-0.1, -0.05) is 6.07 Å². The second kappa shape index (κ2) is 5.75. The molecule has 4 nitrogen and oxygen atoms in total. The van der Waals surface area contributed by atoms with E-state index in [1.165, 1.54) is 11.3 Å². The first-order valence-corrected chi connectivity index (χ1v) is 8.35. The summed E-state index contributed by atoms with van der Waals surface area (Å²) in [5.74, 6) is -0.235. The molecule has 21 heavy (non-hydrogen) atoms. The molecule has 3 aromatic rings. The van der Waals surface area contributed by atoms with E-state index in [1.807, 2.05) is 24.3 Å². The zero-order valence-corrected chi connectivity index (χ0v) is 14.5. The highest BCUT2D eigenvalue weighted by molar-refractivity contribution is 9.11. The lowest BCUT2D eigenvalue weighted by molar-refractivity contribution is 0.103. The number of anilines is 2. The molecule has 0 saturated carbocycles. The van der Waals surface area contributed by atoms with Gasteiger partial charge in [-0.25, -0.2) is 0 Å². The quantitative estimate of drug-likeness (QED) is 0.626. The third-order valence-electron chi connectivity index (χ3n) is 2.94. The van der Waals surface area contributed by atoms with Crippen LogP contribution in [0.25, 0.3) is 10.1 Å². The smallest absolute Gasteiger partial charge is 0.267 e. The molecule has 0 fully saturated rings. The maximum atomic E-state index is 12.5. The number of amides is 1. The van der Waals surface area contributed by atoms with Gasteiger partial charge in [0.25, 0.3) is 5.91 Å². The number of para-hydroxylation sites is 1. The Morgan fingerprint density at radius 3 is 2.62 bits per heavy atom. The Bertz CT molecular complexity index is 827. The fraction of sp³-hybridized carbons (Fsp3) is 0. The van der Waals surface area contributed by atoms with Crippen molar-refractivity contribution in [2.24, 2.45) is 0 Å². The Morgan fingerprint density at radius 1 is 1.24 bits per heavy atom. The normalized spacial score (nSPS) is 10.8. The lowest BCUT2D eigenvalue weighted by atomic mass is 10.2. The molecule has 1 amide bonds. The summed E-state index contributed by atoms with van der Waals surface area (Å²) in [5, 5.41) is 3.73. The van der Waals surface area contributed by atoms with Crippen LogP contribution in [0.15, 0.2) is 45.6 Å². The molecule has 0 bridgehead atoms. The van der Waals surface area contributed by atoms with E-state index in [0.29, 0.717) is 16.3 Å². The van der Waals surface area contributed by atoms with Gasteiger partial charge in [-0.15, -0.1) is 11.3 Å². The molecule has 0 aliphatic carbocycles. The van der Waals surface area contributed by atoms with Crippen LogP contribution in [0.4, 0.5) is 11.4 Å². The van der Waals surface area contributed by atoms with Crippen LogP contribution in [0.5, 0.6) is 0 Å². The molecule has 1 aromatic carbocycles. The molecular formula is C14H9Br2N3OS. The van der Waals surface area contributed by atoms with Crippen LogP contribution < -0.4 is 11.1 Å². The molecule has 0 aliphatic heterocycles. The molecule has 3 rings (SSSR count). The maximum Gasteiger partial charge on any atom is 0.267 e. The van der Waals surface area contributed by atoms with Gasteiger partial charge in [-0.3, -0.25) is 9.78 Å². The Kier molecular flexibility index (Phi) is 3.97. The number of thiophene rings is 1. The summed E-state index contributed by atoms with van der Waals surface area (Å²) in [4.78, 5) is 17.0. The standard InChI is InChI=1S/C14H9Br2N3OS/c15-8-2-1-3-9(16)12(8)19-14(20)13-11(17)7-4-5-18-6-10(7)21-13/h1-6H,17H2,(H,19,20). The fourth-order valence-electron chi connectivity index (χ4n) is 1.93. The number of hydrogen-bond acceptors (Lipinski definition) is 4. The highest BCUT2D eigenvalue weighted by Crippen LogP contribution is 2.35. The molecule has 106 valence electrons. The number of rotatable bonds is 2. The summed E-state index contributed by atoms with van der Waals surface area (Å²) in [7, 11) is 0. The van der Waals surface area contributed by atoms with Gasteiger partial charge in [0.2, 0.25) is 0 Å². The summed E-state index contributed by atoms with van der Waals surface area (Å²) < 4.78 is 2.49. The van der Waals surface area contributed by atoms with Crippen molar-refractivity contribution in [3.05, 3.63) is 50.5 Å². The van der Waals surface area contributed by atoms with Crippen molar-refractivity contribution >= 4 is 70.6 Å². The van der Waals surface area contributed by atoms with Gasteiger partial charge in [0.05, 0.1) is 16.1 Å². The van der Waals surface area contributed by atoms with Gasteiger partial charge in [0.1, 0.15) is 4.88 Å². The van der Waals surface area contributed by atoms with Crippen LogP contribution in [-0.4, -0.2) is 10.9 Å². The molecule has 0 atom stereocenters. The van der Waals surface area contributed by atoms with Crippen LogP contribution in [0.3, 0.4) is 0 Å². The zero-order valence-electron chi connectivity index (χ0n) is 10.6. The summed E-state index contributed by atoms with van der Waals surface area (Å²) in [5.41, 5.74) is 7.23. The molecule has 0 saturated heterocycles. The number of nitrogens with one attached hydrogen (secondary N) is 1. The minimum Gasteiger partial charge on any atom is -0.397 e. The van der Waals surface area contributed by atoms with Gasteiger partial charge in [0.15, 0.2) is 0 Å². The summed E-state index contributed by atoms with van der Waals surface area (Å²) in [6.07, 6.45) is 3.37. The predicted octanol–water partition coefficient (Wildman–Crippen LogP) is 4.66. The number of aromatic nitrogens is 1. The van der Waals surface area contributed by atoms with E-state index in [-0.39, 0.29) is 5.91 Å². The number of halogens is 2. The number of carbonyl (C=O) groups is 1. The average Bonchev–Trinajstić information content (AvgIpc) is 2.81. The van der Waals surface area contributed by atoms with Crippen LogP contribution in [0.2, 0.25) is 0 Å². The minimum atomic E-state index is -0.235. The van der Waals surface area contributed by atoms with Crippen molar-refractivity contribution in [2.45, 2.75) is 0 Å². The van der Waals surface area contributed by atoms with Crippen molar-refractivity contribution in [1.29, 1.82) is 0 Å². The Balaban J connectivity index is 2.00. The van der Waals surface area contributed by atoms with E-state index in [2.05, 4.69) is 42.2 Å². The second-order valence-electron chi connectivity index (χ2n) is 4.27. The van der Waals surface area contributed by atoms with Gasteiger partial charge >= 0.3 is 0 Å². The number of fused-ring (bicyclic) bond motifs is 1. The number of pyridine rings is 1. The van der Waals surface area contributed by atoms with Gasteiger partial charge in [-0.05, 0) is 50.1 Å². The van der Waals surface area contributed by atoms with Crippen molar-refractivity contribution in [1.82, 2.24) is 4.98 Å². The summed E-state index contributed by atoms with van der Waals surface area (Å²) >= 11 is 8.17. The van der Waals surface area contributed by atoms with E-state index >= 15 is 0 Å². The van der Waals surface area contributed by atoms with Crippen molar-refractivity contribution < 1.29 is 4.79 Å². The monoisotopic (exact) mass is 425 g/mol. The van der Waals surface area contributed by atoms with E-state index in [1.54, 1.807) is 12.4 Å². The zero-order chi connectivity index (χ0) is 15.0. The van der Waals surface area contributed by atoms with Gasteiger partial charge in [0, 0.05) is 26.7 Å². The third kappa shape index (κ3) is 2.68. The molecule has 7 heteroatoms. The summed E-state index contributed by atoms with van der Waals surface area (Å²) in [6.45, 7) is 0. The lowest BCUT2D eigenvalue weighted by Crippen LogP contribution is -2.12. The molecule has 3 N–H and O–H groups in total. The van der Waals surface area contributed by atoms with Crippen LogP contribution >= 0.6 is 43.2 Å². The number of nitrogens with zero attached hydrogens (tertiary/aromatic N) is 1. The largest absolute Gasteiger partial charge is 0.397 e. The molecule has 0 radical (unpaired) electrons. The van der Waals surface area contributed by atoms with Crippen molar-refractivity contribution in [2.75, 3.05) is 11.1 Å². The first kappa shape index (κ1) is 14.5. The molecule has 2 aromatic heterocycles. The third-order valence-corrected chi connectivity index (χ3v) is 5.42. The number of nitrogens with two attached hydrogens (primary N) is 1. The molecule has 0 unspecified atom stereocenters. The van der Waals surface area contributed by atoms with Gasteiger partial charge in [-0.2, -0.15) is 0 Å². The maximum absolute atomic E-state index is 12.5. The van der Waals surface area contributed by atoms with E-state index in [0.717, 1.165) is 19.0 Å². The molecular weight excluding hydrogens is 418 g/mol. The molecule has 0 spiro atoms. The lowest BCUT2D eigenvalue weighted by Gasteiger charge is -2.08. The highest BCUT2D eigenvalue weighted by atomic mass is 79.9. The second-order valence-corrected chi connectivity index (χ2v) is 7.03. The van der Waals surface area contributed by atoms with Crippen LogP contribution in [0.1, 0.15) is 9.67 Å². The topological polar surface area (TPSA) is 68.0 Å². The Labute approximate surface area is 141 Å². The average molecular weight is 427 g/mol. The predicted molar refractivity (Wildman–Crippen MR) is 93.8 cm³/mol. The first-order chi connectivity index (χ1) is 10.1. The highest BCUT2D eigenvalue weighted by Gasteiger charge is 2.18. The van der Waals surface area contributed by atoms with Crippen LogP contribution in [-0.2, 0) is 0 Å². The Morgan fingerprint density at radius 2 is 1.95 bits per heavy atom. The van der Waals surface area contributed by atoms with Crippen molar-refractivity contribution in [3.63, 3.8) is 0 Å². The first-order valence-electron chi connectivity index (χ1n) is 5.95. The molecule has 2 heterocycles. The van der Waals surface area contributed by atoms with Crippen molar-refractivity contribution in [3.8, 4) is 0 Å². The van der Waals surface area contributed by atoms with Crippen LogP contribution in [0, 0.1) is 0 Å². The number of carbonyl (C=O) groups excluding carboxylic acids is 1. The summed E-state index contributed by atoms with van der Waals surface area (Å²) in [6, 6.07) is 7.41. The number of hydrogen-bond donors (Lipinski definition) is 2.